The van der Waals surface area contributed by atoms with E-state index < -0.39 is 5.82 Å². The predicted molar refractivity (Wildman–Crippen MR) is 102 cm³/mol. The van der Waals surface area contributed by atoms with Crippen molar-refractivity contribution >= 4 is 23.3 Å². The molecule has 1 aromatic carbocycles. The summed E-state index contributed by atoms with van der Waals surface area (Å²) in [6.45, 7) is 3.71. The van der Waals surface area contributed by atoms with Gasteiger partial charge in [-0.1, -0.05) is 16.8 Å². The molecule has 1 amide bonds. The Morgan fingerprint density at radius 1 is 1.21 bits per heavy atom. The van der Waals surface area contributed by atoms with Crippen LogP contribution in [0.25, 0.3) is 11.5 Å². The number of carbonyl (C=O) groups is 1. The topological polar surface area (TPSA) is 75.4 Å². The van der Waals surface area contributed by atoms with Crippen LogP contribution in [-0.4, -0.2) is 52.1 Å². The Morgan fingerprint density at radius 2 is 2.00 bits per heavy atom. The summed E-state index contributed by atoms with van der Waals surface area (Å²) in [4.78, 5) is 25.1. The van der Waals surface area contributed by atoms with E-state index in [0.717, 1.165) is 5.56 Å². The second-order valence-corrected chi connectivity index (χ2v) is 6.86. The Morgan fingerprint density at radius 3 is 2.71 bits per heavy atom. The van der Waals surface area contributed by atoms with Gasteiger partial charge in [0.25, 0.3) is 11.8 Å². The summed E-state index contributed by atoms with van der Waals surface area (Å²) >= 11 is 5.91. The fourth-order valence-corrected chi connectivity index (χ4v) is 3.35. The Kier molecular flexibility index (Phi) is 4.95. The molecule has 1 aliphatic heterocycles. The van der Waals surface area contributed by atoms with Crippen molar-refractivity contribution in [3.63, 3.8) is 0 Å². The molecule has 1 saturated heterocycles. The maximum absolute atomic E-state index is 14.0. The lowest BCUT2D eigenvalue weighted by atomic mass is 10.1. The first-order chi connectivity index (χ1) is 13.5. The number of hydrogen-bond acceptors (Lipinski definition) is 6. The second-order valence-electron chi connectivity index (χ2n) is 6.42. The van der Waals surface area contributed by atoms with Gasteiger partial charge in [-0.05, 0) is 37.3 Å². The van der Waals surface area contributed by atoms with Crippen molar-refractivity contribution in [3.8, 4) is 11.5 Å². The Labute approximate surface area is 165 Å². The zero-order chi connectivity index (χ0) is 19.7. The van der Waals surface area contributed by atoms with Gasteiger partial charge in [0.2, 0.25) is 0 Å². The molecule has 3 aromatic rings. The molecule has 0 atom stereocenters. The number of piperazine rings is 1. The monoisotopic (exact) mass is 401 g/mol. The van der Waals surface area contributed by atoms with E-state index in [1.165, 1.54) is 18.2 Å². The molecule has 1 fully saturated rings. The van der Waals surface area contributed by atoms with Crippen molar-refractivity contribution in [1.82, 2.24) is 20.0 Å². The average molecular weight is 402 g/mol. The summed E-state index contributed by atoms with van der Waals surface area (Å²) in [6, 6.07) is 7.67. The third kappa shape index (κ3) is 3.55. The highest BCUT2D eigenvalue weighted by molar-refractivity contribution is 6.31. The minimum Gasteiger partial charge on any atom is -0.352 e. The van der Waals surface area contributed by atoms with Gasteiger partial charge in [0.1, 0.15) is 11.6 Å². The molecule has 0 spiro atoms. The molecule has 28 heavy (non-hydrogen) atoms. The number of halogens is 2. The van der Waals surface area contributed by atoms with Crippen molar-refractivity contribution < 1.29 is 13.7 Å². The number of rotatable bonds is 3. The molecule has 0 radical (unpaired) electrons. The van der Waals surface area contributed by atoms with E-state index in [1.54, 1.807) is 24.1 Å². The van der Waals surface area contributed by atoms with Gasteiger partial charge in [-0.3, -0.25) is 4.79 Å². The second kappa shape index (κ2) is 7.55. The summed E-state index contributed by atoms with van der Waals surface area (Å²) in [7, 11) is 0. The molecule has 144 valence electrons. The standard InChI is InChI=1S/C19H17ClFN5O2/c1-12-23-18(28-24-12)14-3-2-6-22-17(14)25-7-9-26(10-8-25)19(27)15-11-13(20)4-5-16(15)21/h2-6,11H,7-10H2,1H3. The number of carbonyl (C=O) groups excluding carboxylic acids is 1. The lowest BCUT2D eigenvalue weighted by Gasteiger charge is -2.36. The van der Waals surface area contributed by atoms with Gasteiger partial charge in [-0.2, -0.15) is 4.98 Å². The van der Waals surface area contributed by atoms with E-state index >= 15 is 0 Å². The van der Waals surface area contributed by atoms with Crippen LogP contribution < -0.4 is 4.90 Å². The Bertz CT molecular complexity index is 1020. The number of amides is 1. The molecular weight excluding hydrogens is 385 g/mol. The number of hydrogen-bond donors (Lipinski definition) is 0. The molecule has 3 heterocycles. The lowest BCUT2D eigenvalue weighted by molar-refractivity contribution is 0.0742. The first-order valence-corrected chi connectivity index (χ1v) is 9.15. The summed E-state index contributed by atoms with van der Waals surface area (Å²) in [5, 5.41) is 4.16. The maximum Gasteiger partial charge on any atom is 0.261 e. The van der Waals surface area contributed by atoms with Crippen LogP contribution in [0.15, 0.2) is 41.1 Å². The molecule has 0 N–H and O–H groups in total. The van der Waals surface area contributed by atoms with Gasteiger partial charge in [-0.25, -0.2) is 9.37 Å². The van der Waals surface area contributed by atoms with Crippen molar-refractivity contribution in [2.24, 2.45) is 0 Å². The van der Waals surface area contributed by atoms with Crippen molar-refractivity contribution in [2.75, 3.05) is 31.1 Å². The molecule has 7 nitrogen and oxygen atoms in total. The normalized spacial score (nSPS) is 14.4. The summed E-state index contributed by atoms with van der Waals surface area (Å²) in [5.41, 5.74) is 0.726. The highest BCUT2D eigenvalue weighted by Gasteiger charge is 2.27. The molecular formula is C19H17ClFN5O2. The molecule has 0 unspecified atom stereocenters. The minimum absolute atomic E-state index is 0.0131. The summed E-state index contributed by atoms with van der Waals surface area (Å²) < 4.78 is 19.3. The summed E-state index contributed by atoms with van der Waals surface area (Å²) in [6.07, 6.45) is 1.70. The quantitative estimate of drug-likeness (QED) is 0.671. The SMILES string of the molecule is Cc1noc(-c2cccnc2N2CCN(C(=O)c3cc(Cl)ccc3F)CC2)n1. The van der Waals surface area contributed by atoms with Crippen molar-refractivity contribution in [2.45, 2.75) is 6.92 Å². The van der Waals surface area contributed by atoms with E-state index in [-0.39, 0.29) is 11.5 Å². The molecule has 9 heteroatoms. The van der Waals surface area contributed by atoms with Crippen molar-refractivity contribution in [3.05, 3.63) is 58.8 Å². The van der Waals surface area contributed by atoms with E-state index in [9.17, 15) is 9.18 Å². The van der Waals surface area contributed by atoms with Crippen LogP contribution >= 0.6 is 11.6 Å². The Hall–Kier alpha value is -3.00. The number of nitrogens with zero attached hydrogens (tertiary/aromatic N) is 5. The first kappa shape index (κ1) is 18.4. The highest BCUT2D eigenvalue weighted by atomic mass is 35.5. The third-order valence-electron chi connectivity index (χ3n) is 4.57. The van der Waals surface area contributed by atoms with Crippen LogP contribution in [0.2, 0.25) is 5.02 Å². The first-order valence-electron chi connectivity index (χ1n) is 8.78. The van der Waals surface area contributed by atoms with Gasteiger partial charge in [-0.15, -0.1) is 0 Å². The smallest absolute Gasteiger partial charge is 0.261 e. The predicted octanol–water partition coefficient (Wildman–Crippen LogP) is 3.19. The largest absolute Gasteiger partial charge is 0.352 e. The lowest BCUT2D eigenvalue weighted by Crippen LogP contribution is -2.49. The molecule has 0 aliphatic carbocycles. The molecule has 2 aromatic heterocycles. The molecule has 4 rings (SSSR count). The molecule has 0 saturated carbocycles. The van der Waals surface area contributed by atoms with E-state index in [2.05, 4.69) is 15.1 Å². The zero-order valence-corrected chi connectivity index (χ0v) is 15.9. The number of aromatic nitrogens is 3. The summed E-state index contributed by atoms with van der Waals surface area (Å²) in [5.74, 6) is 0.722. The third-order valence-corrected chi connectivity index (χ3v) is 4.80. The fraction of sp³-hybridized carbons (Fsp3) is 0.263. The highest BCUT2D eigenvalue weighted by Crippen LogP contribution is 2.28. The van der Waals surface area contributed by atoms with Crippen LogP contribution in [0.1, 0.15) is 16.2 Å². The number of aryl methyl sites for hydroxylation is 1. The van der Waals surface area contributed by atoms with Gasteiger partial charge < -0.3 is 14.3 Å². The van der Waals surface area contributed by atoms with E-state index in [0.29, 0.717) is 48.7 Å². The molecule has 0 bridgehead atoms. The van der Waals surface area contributed by atoms with Crippen LogP contribution in [-0.2, 0) is 0 Å². The van der Waals surface area contributed by atoms with Crippen LogP contribution in [0.4, 0.5) is 10.2 Å². The van der Waals surface area contributed by atoms with Crippen LogP contribution in [0, 0.1) is 12.7 Å². The number of pyridine rings is 1. The van der Waals surface area contributed by atoms with Gasteiger partial charge in [0.15, 0.2) is 5.82 Å². The average Bonchev–Trinajstić information content (AvgIpc) is 3.15. The zero-order valence-electron chi connectivity index (χ0n) is 15.1. The van der Waals surface area contributed by atoms with Crippen LogP contribution in [0.3, 0.4) is 0 Å². The number of anilines is 1. The van der Waals surface area contributed by atoms with Gasteiger partial charge in [0.05, 0.1) is 11.1 Å². The van der Waals surface area contributed by atoms with Gasteiger partial charge >= 0.3 is 0 Å². The van der Waals surface area contributed by atoms with E-state index in [1.807, 2.05) is 11.0 Å². The Balaban J connectivity index is 1.51. The van der Waals surface area contributed by atoms with Crippen LogP contribution in [0.5, 0.6) is 0 Å². The minimum atomic E-state index is -0.574. The fourth-order valence-electron chi connectivity index (χ4n) is 3.18. The van der Waals surface area contributed by atoms with E-state index in [4.69, 9.17) is 16.1 Å². The number of benzene rings is 1. The van der Waals surface area contributed by atoms with Crippen molar-refractivity contribution in [1.29, 1.82) is 0 Å². The van der Waals surface area contributed by atoms with Gasteiger partial charge in [0, 0.05) is 37.4 Å². The molecule has 1 aliphatic rings. The maximum atomic E-state index is 14.0.